The molecule has 0 bridgehead atoms. The third kappa shape index (κ3) is 3.01. The Labute approximate surface area is 153 Å². The number of hydrogen-bond donors (Lipinski definition) is 0. The summed E-state index contributed by atoms with van der Waals surface area (Å²) in [5.41, 5.74) is 2.30. The molecule has 0 unspecified atom stereocenters. The maximum atomic E-state index is 12.8. The maximum absolute atomic E-state index is 12.8. The number of aromatic nitrogens is 1. The molecule has 0 spiro atoms. The summed E-state index contributed by atoms with van der Waals surface area (Å²) in [6.07, 6.45) is 6.63. The van der Waals surface area contributed by atoms with E-state index in [0.717, 1.165) is 36.9 Å². The predicted octanol–water partition coefficient (Wildman–Crippen LogP) is 2.46. The van der Waals surface area contributed by atoms with Crippen molar-refractivity contribution in [3.05, 3.63) is 53.9 Å². The van der Waals surface area contributed by atoms with Crippen LogP contribution in [0.3, 0.4) is 0 Å². The molecule has 3 heterocycles. The van der Waals surface area contributed by atoms with Gasteiger partial charge in [-0.2, -0.15) is 4.31 Å². The predicted molar refractivity (Wildman–Crippen MR) is 98.7 cm³/mol. The van der Waals surface area contributed by atoms with Gasteiger partial charge in [-0.05, 0) is 61.6 Å². The van der Waals surface area contributed by atoms with Crippen molar-refractivity contribution in [1.29, 1.82) is 0 Å². The van der Waals surface area contributed by atoms with Crippen molar-refractivity contribution < 1.29 is 13.2 Å². The van der Waals surface area contributed by atoms with Crippen molar-refractivity contribution in [1.82, 2.24) is 9.29 Å². The number of amides is 1. The van der Waals surface area contributed by atoms with Crippen molar-refractivity contribution in [2.45, 2.75) is 30.6 Å². The fourth-order valence-corrected chi connectivity index (χ4v) is 5.24. The lowest BCUT2D eigenvalue weighted by Crippen LogP contribution is -2.35. The van der Waals surface area contributed by atoms with Gasteiger partial charge in [-0.3, -0.25) is 9.78 Å². The average Bonchev–Trinajstić information content (AvgIpc) is 3.23. The molecule has 0 N–H and O–H groups in total. The second-order valence-electron chi connectivity index (χ2n) is 6.70. The lowest BCUT2D eigenvalue weighted by Gasteiger charge is -2.30. The zero-order valence-electron chi connectivity index (χ0n) is 14.5. The Morgan fingerprint density at radius 2 is 1.69 bits per heavy atom. The second kappa shape index (κ2) is 6.81. The number of nitrogens with zero attached hydrogens (tertiary/aromatic N) is 3. The molecule has 2 aromatic rings. The van der Waals surface area contributed by atoms with Crippen molar-refractivity contribution >= 4 is 21.6 Å². The van der Waals surface area contributed by atoms with Crippen LogP contribution in [0.25, 0.3) is 0 Å². The number of carbonyl (C=O) groups excluding carboxylic acids is 1. The summed E-state index contributed by atoms with van der Waals surface area (Å²) in [4.78, 5) is 18.8. The van der Waals surface area contributed by atoms with E-state index in [1.807, 2.05) is 0 Å². The van der Waals surface area contributed by atoms with Crippen molar-refractivity contribution in [2.24, 2.45) is 0 Å². The Balaban J connectivity index is 1.67. The van der Waals surface area contributed by atoms with Crippen LogP contribution in [0.2, 0.25) is 0 Å². The first-order valence-electron chi connectivity index (χ1n) is 8.92. The molecule has 1 aromatic carbocycles. The van der Waals surface area contributed by atoms with E-state index in [2.05, 4.69) is 4.98 Å². The van der Waals surface area contributed by atoms with Crippen LogP contribution < -0.4 is 4.90 Å². The van der Waals surface area contributed by atoms with Gasteiger partial charge in [0, 0.05) is 43.3 Å². The molecule has 2 aliphatic rings. The average molecular weight is 371 g/mol. The molecule has 26 heavy (non-hydrogen) atoms. The summed E-state index contributed by atoms with van der Waals surface area (Å²) >= 11 is 0. The molecule has 136 valence electrons. The van der Waals surface area contributed by atoms with Crippen LogP contribution in [0.1, 0.15) is 35.2 Å². The molecule has 0 aliphatic carbocycles. The molecule has 4 rings (SSSR count). The minimum absolute atomic E-state index is 0.0801. The van der Waals surface area contributed by atoms with E-state index >= 15 is 0 Å². The van der Waals surface area contributed by atoms with Crippen molar-refractivity contribution in [3.63, 3.8) is 0 Å². The van der Waals surface area contributed by atoms with Gasteiger partial charge in [0.15, 0.2) is 0 Å². The molecule has 1 saturated heterocycles. The first-order chi connectivity index (χ1) is 12.6. The monoisotopic (exact) mass is 371 g/mol. The van der Waals surface area contributed by atoms with Gasteiger partial charge in [0.2, 0.25) is 10.0 Å². The number of rotatable bonds is 3. The molecule has 0 saturated carbocycles. The Morgan fingerprint density at radius 1 is 0.962 bits per heavy atom. The number of hydrogen-bond acceptors (Lipinski definition) is 4. The van der Waals surface area contributed by atoms with Crippen LogP contribution in [0.5, 0.6) is 0 Å². The fraction of sp³-hybridized carbons (Fsp3) is 0.368. The van der Waals surface area contributed by atoms with Crippen LogP contribution in [-0.4, -0.2) is 43.2 Å². The van der Waals surface area contributed by atoms with E-state index in [0.29, 0.717) is 30.1 Å². The van der Waals surface area contributed by atoms with Gasteiger partial charge in [-0.15, -0.1) is 0 Å². The highest BCUT2D eigenvalue weighted by Gasteiger charge is 2.30. The van der Waals surface area contributed by atoms with Gasteiger partial charge >= 0.3 is 0 Å². The third-order valence-electron chi connectivity index (χ3n) is 5.04. The van der Waals surface area contributed by atoms with E-state index in [9.17, 15) is 13.2 Å². The minimum atomic E-state index is -3.44. The Hall–Kier alpha value is -2.25. The molecule has 1 amide bonds. The van der Waals surface area contributed by atoms with Crippen molar-refractivity contribution in [2.75, 3.05) is 24.5 Å². The fourth-order valence-electron chi connectivity index (χ4n) is 3.67. The van der Waals surface area contributed by atoms with Crippen LogP contribution in [0.15, 0.2) is 47.6 Å². The lowest BCUT2D eigenvalue weighted by molar-refractivity contribution is 0.0985. The number of benzene rings is 1. The molecule has 7 heteroatoms. The summed E-state index contributed by atoms with van der Waals surface area (Å²) in [6, 6.07) is 8.54. The highest BCUT2D eigenvalue weighted by atomic mass is 32.2. The molecule has 6 nitrogen and oxygen atoms in total. The topological polar surface area (TPSA) is 70.6 Å². The van der Waals surface area contributed by atoms with Crippen LogP contribution in [-0.2, 0) is 16.4 Å². The SMILES string of the molecule is O=C(c1ccncc1)N1CCCc2cc(S(=O)(=O)N3CCCC3)ccc21. The molecule has 1 aromatic heterocycles. The van der Waals surface area contributed by atoms with E-state index in [4.69, 9.17) is 0 Å². The zero-order chi connectivity index (χ0) is 18.1. The van der Waals surface area contributed by atoms with Gasteiger partial charge < -0.3 is 4.90 Å². The van der Waals surface area contributed by atoms with Gasteiger partial charge in [0.05, 0.1) is 4.90 Å². The molecular weight excluding hydrogens is 350 g/mol. The molecular formula is C19H21N3O3S. The standard InChI is InChI=1S/C19H21N3O3S/c23-19(15-7-9-20-10-8-15)22-13-3-4-16-14-17(5-6-18(16)22)26(24,25)21-11-1-2-12-21/h5-10,14H,1-4,11-13H2. The van der Waals surface area contributed by atoms with Crippen LogP contribution in [0, 0.1) is 0 Å². The van der Waals surface area contributed by atoms with Crippen LogP contribution in [0.4, 0.5) is 5.69 Å². The van der Waals surface area contributed by atoms with E-state index in [1.165, 1.54) is 0 Å². The quantitative estimate of drug-likeness (QED) is 0.831. The van der Waals surface area contributed by atoms with Gasteiger partial charge in [-0.25, -0.2) is 8.42 Å². The van der Waals surface area contributed by atoms with Gasteiger partial charge in [-0.1, -0.05) is 0 Å². The Morgan fingerprint density at radius 3 is 2.42 bits per heavy atom. The number of aryl methyl sites for hydroxylation is 1. The van der Waals surface area contributed by atoms with Crippen molar-refractivity contribution in [3.8, 4) is 0 Å². The van der Waals surface area contributed by atoms with E-state index < -0.39 is 10.0 Å². The zero-order valence-corrected chi connectivity index (χ0v) is 15.3. The molecule has 0 radical (unpaired) electrons. The Bertz CT molecular complexity index is 922. The van der Waals surface area contributed by atoms with Gasteiger partial charge in [0.25, 0.3) is 5.91 Å². The molecule has 0 atom stereocenters. The highest BCUT2D eigenvalue weighted by molar-refractivity contribution is 7.89. The minimum Gasteiger partial charge on any atom is -0.308 e. The largest absolute Gasteiger partial charge is 0.308 e. The number of anilines is 1. The summed E-state index contributed by atoms with van der Waals surface area (Å²) < 4.78 is 27.1. The summed E-state index contributed by atoms with van der Waals surface area (Å²) in [5, 5.41) is 0. The summed E-state index contributed by atoms with van der Waals surface area (Å²) in [5.74, 6) is -0.0801. The molecule has 2 aliphatic heterocycles. The number of carbonyl (C=O) groups is 1. The summed E-state index contributed by atoms with van der Waals surface area (Å²) in [7, 11) is -3.44. The molecule has 1 fully saturated rings. The number of fused-ring (bicyclic) bond motifs is 1. The third-order valence-corrected chi connectivity index (χ3v) is 6.94. The first kappa shape index (κ1) is 17.2. The Kier molecular flexibility index (Phi) is 4.50. The lowest BCUT2D eigenvalue weighted by atomic mass is 10.0. The second-order valence-corrected chi connectivity index (χ2v) is 8.64. The maximum Gasteiger partial charge on any atom is 0.258 e. The first-order valence-corrected chi connectivity index (χ1v) is 10.4. The number of sulfonamides is 1. The highest BCUT2D eigenvalue weighted by Crippen LogP contribution is 2.32. The van der Waals surface area contributed by atoms with E-state index in [1.54, 1.807) is 51.9 Å². The number of pyridine rings is 1. The van der Waals surface area contributed by atoms with Crippen LogP contribution >= 0.6 is 0 Å². The summed E-state index contributed by atoms with van der Waals surface area (Å²) in [6.45, 7) is 1.81. The smallest absolute Gasteiger partial charge is 0.258 e. The van der Waals surface area contributed by atoms with E-state index in [-0.39, 0.29) is 5.91 Å². The van der Waals surface area contributed by atoms with Gasteiger partial charge in [0.1, 0.15) is 0 Å². The normalized spacial score (nSPS) is 17.9.